The van der Waals surface area contributed by atoms with E-state index >= 15 is 0 Å². The van der Waals surface area contributed by atoms with E-state index in [4.69, 9.17) is 26.8 Å². The highest BCUT2D eigenvalue weighted by atomic mass is 32.2. The van der Waals surface area contributed by atoms with Crippen molar-refractivity contribution in [1.82, 2.24) is 14.7 Å². The lowest BCUT2D eigenvalue weighted by molar-refractivity contribution is -0.122. The molecule has 1 amide bonds. The van der Waals surface area contributed by atoms with Crippen LogP contribution in [0.5, 0.6) is 5.75 Å². The number of carbonyl (C=O) groups excluding carboxylic acids is 1. The van der Waals surface area contributed by atoms with Crippen LogP contribution in [-0.4, -0.2) is 51.8 Å². The number of aromatic nitrogens is 2. The van der Waals surface area contributed by atoms with Gasteiger partial charge in [-0.1, -0.05) is 56.0 Å². The maximum atomic E-state index is 13.0. The lowest BCUT2D eigenvalue weighted by Crippen LogP contribution is -2.31. The summed E-state index contributed by atoms with van der Waals surface area (Å²) in [7, 11) is 1.61. The van der Waals surface area contributed by atoms with E-state index in [0.717, 1.165) is 28.3 Å². The van der Waals surface area contributed by atoms with Gasteiger partial charge in [-0.05, 0) is 48.4 Å². The molecule has 0 atom stereocenters. The molecule has 176 valence electrons. The summed E-state index contributed by atoms with van der Waals surface area (Å²) in [6.07, 6.45) is 3.81. The Morgan fingerprint density at radius 3 is 2.53 bits per heavy atom. The average Bonchev–Trinajstić information content (AvgIpc) is 3.38. The third-order valence-electron chi connectivity index (χ3n) is 5.15. The van der Waals surface area contributed by atoms with Crippen LogP contribution in [-0.2, 0) is 9.53 Å². The summed E-state index contributed by atoms with van der Waals surface area (Å²) < 4.78 is 13.3. The van der Waals surface area contributed by atoms with Crippen LogP contribution in [0.4, 0.5) is 0 Å². The van der Waals surface area contributed by atoms with Gasteiger partial charge in [0, 0.05) is 24.4 Å². The first-order chi connectivity index (χ1) is 16.5. The predicted molar refractivity (Wildman–Crippen MR) is 141 cm³/mol. The number of amides is 1. The molecule has 0 spiro atoms. The summed E-state index contributed by atoms with van der Waals surface area (Å²) >= 11 is 6.73. The molecule has 2 aromatic carbocycles. The van der Waals surface area contributed by atoms with E-state index < -0.39 is 0 Å². The van der Waals surface area contributed by atoms with Gasteiger partial charge < -0.3 is 9.47 Å². The summed E-state index contributed by atoms with van der Waals surface area (Å²) in [4.78, 5) is 15.1. The van der Waals surface area contributed by atoms with Gasteiger partial charge in [-0.15, -0.1) is 0 Å². The molecule has 1 fully saturated rings. The average molecular weight is 494 g/mol. The lowest BCUT2D eigenvalue weighted by atomic mass is 10.1. The zero-order valence-corrected chi connectivity index (χ0v) is 21.1. The van der Waals surface area contributed by atoms with Crippen LogP contribution >= 0.6 is 24.0 Å². The molecule has 34 heavy (non-hydrogen) atoms. The predicted octanol–water partition coefficient (Wildman–Crippen LogP) is 5.42. The van der Waals surface area contributed by atoms with Crippen molar-refractivity contribution >= 4 is 40.3 Å². The summed E-state index contributed by atoms with van der Waals surface area (Å²) in [6, 6.07) is 17.8. The summed E-state index contributed by atoms with van der Waals surface area (Å²) in [6.45, 7) is 5.77. The van der Waals surface area contributed by atoms with Crippen LogP contribution in [0, 0.1) is 5.92 Å². The smallest absolute Gasteiger partial charge is 0.266 e. The van der Waals surface area contributed by atoms with E-state index in [2.05, 4.69) is 13.8 Å². The van der Waals surface area contributed by atoms with Crippen molar-refractivity contribution in [3.05, 3.63) is 71.3 Å². The number of thioether (sulfide) groups is 1. The van der Waals surface area contributed by atoms with Gasteiger partial charge in [-0.3, -0.25) is 9.69 Å². The van der Waals surface area contributed by atoms with Gasteiger partial charge in [-0.2, -0.15) is 5.10 Å². The molecule has 0 aliphatic carbocycles. The van der Waals surface area contributed by atoms with E-state index in [1.54, 1.807) is 12.0 Å². The van der Waals surface area contributed by atoms with E-state index in [1.165, 1.54) is 11.8 Å². The zero-order chi connectivity index (χ0) is 24.1. The van der Waals surface area contributed by atoms with Crippen LogP contribution < -0.4 is 4.74 Å². The first-order valence-electron chi connectivity index (χ1n) is 11.1. The molecular formula is C26H27N3O3S2. The Hall–Kier alpha value is -2.94. The minimum atomic E-state index is -0.108. The van der Waals surface area contributed by atoms with Gasteiger partial charge in [0.15, 0.2) is 0 Å². The molecule has 0 saturated carbocycles. The van der Waals surface area contributed by atoms with Gasteiger partial charge in [-0.25, -0.2) is 4.68 Å². The number of thiocarbonyl (C=S) groups is 1. The van der Waals surface area contributed by atoms with Gasteiger partial charge >= 0.3 is 0 Å². The zero-order valence-electron chi connectivity index (χ0n) is 19.4. The van der Waals surface area contributed by atoms with E-state index in [0.29, 0.717) is 34.9 Å². The Labute approximate surface area is 209 Å². The van der Waals surface area contributed by atoms with Crippen LogP contribution in [0.3, 0.4) is 0 Å². The second kappa shape index (κ2) is 11.0. The monoisotopic (exact) mass is 493 g/mol. The molecule has 0 bridgehead atoms. The molecule has 1 aromatic heterocycles. The molecule has 0 unspecified atom stereocenters. The van der Waals surface area contributed by atoms with Gasteiger partial charge in [0.2, 0.25) is 0 Å². The number of nitrogens with zero attached hydrogens (tertiary/aromatic N) is 3. The number of ether oxygens (including phenoxy) is 2. The Morgan fingerprint density at radius 2 is 1.85 bits per heavy atom. The van der Waals surface area contributed by atoms with E-state index in [9.17, 15) is 4.79 Å². The topological polar surface area (TPSA) is 56.6 Å². The fraction of sp³-hybridized carbons (Fsp3) is 0.269. The Balaban J connectivity index is 1.69. The summed E-state index contributed by atoms with van der Waals surface area (Å²) in [5, 5.41) is 4.85. The fourth-order valence-electron chi connectivity index (χ4n) is 3.42. The molecule has 1 aliphatic rings. The van der Waals surface area contributed by atoms with Gasteiger partial charge in [0.1, 0.15) is 10.1 Å². The van der Waals surface area contributed by atoms with Crippen molar-refractivity contribution in [1.29, 1.82) is 0 Å². The highest BCUT2D eigenvalue weighted by molar-refractivity contribution is 8.26. The van der Waals surface area contributed by atoms with Crippen molar-refractivity contribution in [3.8, 4) is 22.7 Å². The SMILES string of the molecule is COCCN1C(=O)/C(=C/c2cn(-c3ccccc3)nc2-c2ccc(OCC(C)C)cc2)SC1=S. The maximum absolute atomic E-state index is 13.0. The quantitative estimate of drug-likeness (QED) is 0.293. The minimum absolute atomic E-state index is 0.108. The highest BCUT2D eigenvalue weighted by Crippen LogP contribution is 2.35. The fourth-order valence-corrected chi connectivity index (χ4v) is 4.72. The van der Waals surface area contributed by atoms with E-state index in [-0.39, 0.29) is 5.91 Å². The molecule has 3 aromatic rings. The second-order valence-corrected chi connectivity index (χ2v) is 9.94. The molecule has 6 nitrogen and oxygen atoms in total. The van der Waals surface area contributed by atoms with Crippen molar-refractivity contribution in [2.24, 2.45) is 5.92 Å². The molecule has 1 aliphatic heterocycles. The lowest BCUT2D eigenvalue weighted by Gasteiger charge is -2.12. The van der Waals surface area contributed by atoms with Crippen LogP contribution in [0.2, 0.25) is 0 Å². The Kier molecular flexibility index (Phi) is 7.82. The number of benzene rings is 2. The molecule has 0 N–H and O–H groups in total. The van der Waals surface area contributed by atoms with Crippen molar-refractivity contribution in [3.63, 3.8) is 0 Å². The molecule has 1 saturated heterocycles. The number of hydrogen-bond acceptors (Lipinski definition) is 6. The van der Waals surface area contributed by atoms with Crippen molar-refractivity contribution in [2.45, 2.75) is 13.8 Å². The second-order valence-electron chi connectivity index (χ2n) is 8.27. The molecule has 0 radical (unpaired) electrons. The number of carbonyl (C=O) groups is 1. The van der Waals surface area contributed by atoms with Crippen LogP contribution in [0.1, 0.15) is 19.4 Å². The van der Waals surface area contributed by atoms with Crippen molar-refractivity contribution in [2.75, 3.05) is 26.9 Å². The number of rotatable bonds is 9. The molecule has 8 heteroatoms. The summed E-state index contributed by atoms with van der Waals surface area (Å²) in [5.74, 6) is 1.17. The normalized spacial score (nSPS) is 15.1. The molecule has 2 heterocycles. The largest absolute Gasteiger partial charge is 0.493 e. The van der Waals surface area contributed by atoms with Crippen LogP contribution in [0.15, 0.2) is 65.7 Å². The maximum Gasteiger partial charge on any atom is 0.266 e. The minimum Gasteiger partial charge on any atom is -0.493 e. The van der Waals surface area contributed by atoms with Gasteiger partial charge in [0.25, 0.3) is 5.91 Å². The highest BCUT2D eigenvalue weighted by Gasteiger charge is 2.32. The molecule has 4 rings (SSSR count). The number of hydrogen-bond donors (Lipinski definition) is 0. The number of para-hydroxylation sites is 1. The third kappa shape index (κ3) is 5.58. The number of methoxy groups -OCH3 is 1. The third-order valence-corrected chi connectivity index (χ3v) is 6.53. The standard InChI is InChI=1S/C26H27N3O3S2/c1-18(2)17-32-22-11-9-19(10-12-22)24-20(16-29(27-24)21-7-5-4-6-8-21)15-23-25(30)28(13-14-31-3)26(33)34-23/h4-12,15-16,18H,13-14,17H2,1-3H3/b23-15-. The van der Waals surface area contributed by atoms with Gasteiger partial charge in [0.05, 0.1) is 36.0 Å². The Bertz CT molecular complexity index is 1190. The Morgan fingerprint density at radius 1 is 1.12 bits per heavy atom. The summed E-state index contributed by atoms with van der Waals surface area (Å²) in [5.41, 5.74) is 3.49. The first-order valence-corrected chi connectivity index (χ1v) is 12.3. The van der Waals surface area contributed by atoms with Crippen LogP contribution in [0.25, 0.3) is 23.0 Å². The van der Waals surface area contributed by atoms with Crippen molar-refractivity contribution < 1.29 is 14.3 Å². The van der Waals surface area contributed by atoms with E-state index in [1.807, 2.05) is 71.6 Å². The molecular weight excluding hydrogens is 466 g/mol. The first kappa shape index (κ1) is 24.2.